The predicted octanol–water partition coefficient (Wildman–Crippen LogP) is 1.05. The summed E-state index contributed by atoms with van der Waals surface area (Å²) in [4.78, 5) is 13.2. The number of carbonyl (C=O) groups is 1. The number of rotatable bonds is 6. The zero-order valence-electron chi connectivity index (χ0n) is 12.4. The Labute approximate surface area is 125 Å². The number of hydrogen-bond acceptors (Lipinski definition) is 4. The Morgan fingerprint density at radius 2 is 1.81 bits per heavy atom. The summed E-state index contributed by atoms with van der Waals surface area (Å²) in [6.07, 6.45) is 0.607. The molecule has 0 aliphatic heterocycles. The van der Waals surface area contributed by atoms with Crippen LogP contribution in [-0.2, 0) is 14.8 Å². The Morgan fingerprint density at radius 1 is 1.24 bits per heavy atom. The Kier molecular flexibility index (Phi) is 5.88. The van der Waals surface area contributed by atoms with E-state index < -0.39 is 10.0 Å². The van der Waals surface area contributed by atoms with Crippen LogP contribution in [0.3, 0.4) is 0 Å². The minimum absolute atomic E-state index is 0.0847. The second kappa shape index (κ2) is 7.20. The average molecular weight is 309 g/mol. The van der Waals surface area contributed by atoms with Crippen molar-refractivity contribution >= 4 is 15.9 Å². The van der Waals surface area contributed by atoms with Crippen LogP contribution in [0, 0.1) is 11.3 Å². The lowest BCUT2D eigenvalue weighted by atomic mass is 10.2. The second-order valence-electron chi connectivity index (χ2n) is 4.76. The monoisotopic (exact) mass is 309 g/mol. The summed E-state index contributed by atoms with van der Waals surface area (Å²) in [6, 6.07) is 7.61. The van der Waals surface area contributed by atoms with Crippen molar-refractivity contribution < 1.29 is 13.2 Å². The van der Waals surface area contributed by atoms with Gasteiger partial charge in [0.25, 0.3) is 0 Å². The van der Waals surface area contributed by atoms with E-state index in [-0.39, 0.29) is 23.9 Å². The van der Waals surface area contributed by atoms with Gasteiger partial charge in [0.1, 0.15) is 0 Å². The molecule has 0 unspecified atom stereocenters. The first-order valence-electron chi connectivity index (χ1n) is 6.53. The maximum absolute atomic E-state index is 12.6. The van der Waals surface area contributed by atoms with Gasteiger partial charge in [0.2, 0.25) is 15.9 Å². The summed E-state index contributed by atoms with van der Waals surface area (Å²) in [6.45, 7) is 1.92. The average Bonchev–Trinajstić information content (AvgIpc) is 2.46. The minimum Gasteiger partial charge on any atom is -0.348 e. The predicted molar refractivity (Wildman–Crippen MR) is 78.9 cm³/mol. The molecule has 0 aromatic heterocycles. The standard InChI is InChI=1S/C14H19N3O3S/c1-4-9-17(11-14(18)16(2)3)21(19,20)13-7-5-12(10-15)6-8-13/h5-8H,4,9,11H2,1-3H3. The van der Waals surface area contributed by atoms with Crippen LogP contribution in [-0.4, -0.2) is 50.7 Å². The fourth-order valence-corrected chi connectivity index (χ4v) is 3.16. The summed E-state index contributed by atoms with van der Waals surface area (Å²) in [5.74, 6) is -0.277. The molecule has 0 aliphatic rings. The molecule has 0 saturated heterocycles. The summed E-state index contributed by atoms with van der Waals surface area (Å²) < 4.78 is 26.3. The van der Waals surface area contributed by atoms with Crippen molar-refractivity contribution in [2.75, 3.05) is 27.2 Å². The number of sulfonamides is 1. The molecule has 0 heterocycles. The third kappa shape index (κ3) is 4.28. The summed E-state index contributed by atoms with van der Waals surface area (Å²) in [5.41, 5.74) is 0.389. The maximum Gasteiger partial charge on any atom is 0.243 e. The number of benzene rings is 1. The van der Waals surface area contributed by atoms with Gasteiger partial charge in [-0.15, -0.1) is 0 Å². The van der Waals surface area contributed by atoms with Gasteiger partial charge in [0.15, 0.2) is 0 Å². The van der Waals surface area contributed by atoms with Gasteiger partial charge in [-0.25, -0.2) is 8.42 Å². The first-order valence-corrected chi connectivity index (χ1v) is 7.97. The fourth-order valence-electron chi connectivity index (χ4n) is 1.68. The maximum atomic E-state index is 12.6. The van der Waals surface area contributed by atoms with Crippen LogP contribution in [0.2, 0.25) is 0 Å². The molecule has 0 N–H and O–H groups in total. The van der Waals surface area contributed by atoms with Crippen LogP contribution in [0.5, 0.6) is 0 Å². The highest BCUT2D eigenvalue weighted by atomic mass is 32.2. The molecule has 0 bridgehead atoms. The van der Waals surface area contributed by atoms with Crippen molar-refractivity contribution in [2.45, 2.75) is 18.2 Å². The number of amides is 1. The topological polar surface area (TPSA) is 81.5 Å². The molecule has 0 atom stereocenters. The van der Waals surface area contributed by atoms with E-state index >= 15 is 0 Å². The number of nitrogens with zero attached hydrogens (tertiary/aromatic N) is 3. The molecule has 1 aromatic carbocycles. The smallest absolute Gasteiger partial charge is 0.243 e. The van der Waals surface area contributed by atoms with Crippen LogP contribution < -0.4 is 0 Å². The SMILES string of the molecule is CCCN(CC(=O)N(C)C)S(=O)(=O)c1ccc(C#N)cc1. The molecule has 0 spiro atoms. The molecule has 21 heavy (non-hydrogen) atoms. The van der Waals surface area contributed by atoms with E-state index in [1.54, 1.807) is 14.1 Å². The molecule has 1 amide bonds. The van der Waals surface area contributed by atoms with Gasteiger partial charge in [-0.2, -0.15) is 9.57 Å². The number of nitriles is 1. The molecule has 6 nitrogen and oxygen atoms in total. The van der Waals surface area contributed by atoms with Crippen LogP contribution >= 0.6 is 0 Å². The highest BCUT2D eigenvalue weighted by Gasteiger charge is 2.26. The summed E-state index contributed by atoms with van der Waals surface area (Å²) in [5, 5.41) is 8.74. The lowest BCUT2D eigenvalue weighted by molar-refractivity contribution is -0.128. The normalized spacial score (nSPS) is 11.2. The van der Waals surface area contributed by atoms with E-state index in [2.05, 4.69) is 0 Å². The van der Waals surface area contributed by atoms with Crippen molar-refractivity contribution in [1.82, 2.24) is 9.21 Å². The van der Waals surface area contributed by atoms with E-state index in [4.69, 9.17) is 5.26 Å². The lowest BCUT2D eigenvalue weighted by Crippen LogP contribution is -2.40. The summed E-state index contributed by atoms with van der Waals surface area (Å²) >= 11 is 0. The van der Waals surface area contributed by atoms with Crippen LogP contribution in [0.15, 0.2) is 29.2 Å². The number of likely N-dealkylation sites (N-methyl/N-ethyl adjacent to an activating group) is 1. The van der Waals surface area contributed by atoms with Gasteiger partial charge in [-0.3, -0.25) is 4.79 Å². The van der Waals surface area contributed by atoms with E-state index in [0.717, 1.165) is 4.31 Å². The highest BCUT2D eigenvalue weighted by molar-refractivity contribution is 7.89. The minimum atomic E-state index is -3.74. The fraction of sp³-hybridized carbons (Fsp3) is 0.429. The number of carbonyl (C=O) groups excluding carboxylic acids is 1. The molecule has 1 aromatic rings. The van der Waals surface area contributed by atoms with Crippen LogP contribution in [0.25, 0.3) is 0 Å². The molecule has 0 radical (unpaired) electrons. The van der Waals surface area contributed by atoms with Gasteiger partial charge in [-0.05, 0) is 30.7 Å². The Hall–Kier alpha value is -1.91. The third-order valence-corrected chi connectivity index (χ3v) is 4.76. The first-order chi connectivity index (χ1) is 9.82. The van der Waals surface area contributed by atoms with E-state index in [9.17, 15) is 13.2 Å². The zero-order valence-corrected chi connectivity index (χ0v) is 13.2. The van der Waals surface area contributed by atoms with Crippen molar-refractivity contribution in [3.8, 4) is 6.07 Å². The van der Waals surface area contributed by atoms with Gasteiger partial charge in [0.05, 0.1) is 23.1 Å². The third-order valence-electron chi connectivity index (χ3n) is 2.90. The molecular weight excluding hydrogens is 290 g/mol. The second-order valence-corrected chi connectivity index (χ2v) is 6.70. The highest BCUT2D eigenvalue weighted by Crippen LogP contribution is 2.16. The van der Waals surface area contributed by atoms with E-state index in [1.165, 1.54) is 29.2 Å². The van der Waals surface area contributed by atoms with E-state index in [0.29, 0.717) is 12.0 Å². The summed E-state index contributed by atoms with van der Waals surface area (Å²) in [7, 11) is -0.572. The van der Waals surface area contributed by atoms with Crippen molar-refractivity contribution in [3.05, 3.63) is 29.8 Å². The van der Waals surface area contributed by atoms with Gasteiger partial charge in [0, 0.05) is 20.6 Å². The van der Waals surface area contributed by atoms with Gasteiger partial charge in [-0.1, -0.05) is 6.92 Å². The van der Waals surface area contributed by atoms with Crippen LogP contribution in [0.4, 0.5) is 0 Å². The van der Waals surface area contributed by atoms with Crippen molar-refractivity contribution in [1.29, 1.82) is 5.26 Å². The lowest BCUT2D eigenvalue weighted by Gasteiger charge is -2.22. The first kappa shape index (κ1) is 17.1. The molecule has 7 heteroatoms. The largest absolute Gasteiger partial charge is 0.348 e. The number of hydrogen-bond donors (Lipinski definition) is 0. The molecule has 0 fully saturated rings. The van der Waals surface area contributed by atoms with Crippen LogP contribution in [0.1, 0.15) is 18.9 Å². The zero-order chi connectivity index (χ0) is 16.0. The molecule has 0 aliphatic carbocycles. The molecule has 1 rings (SSSR count). The van der Waals surface area contributed by atoms with Gasteiger partial charge >= 0.3 is 0 Å². The molecular formula is C14H19N3O3S. The van der Waals surface area contributed by atoms with E-state index in [1.807, 2.05) is 13.0 Å². The van der Waals surface area contributed by atoms with Gasteiger partial charge < -0.3 is 4.90 Å². The Bertz CT molecular complexity index is 630. The Morgan fingerprint density at radius 3 is 2.24 bits per heavy atom. The van der Waals surface area contributed by atoms with Crippen molar-refractivity contribution in [2.24, 2.45) is 0 Å². The molecule has 0 saturated carbocycles. The van der Waals surface area contributed by atoms with Crippen molar-refractivity contribution in [3.63, 3.8) is 0 Å². The quantitative estimate of drug-likeness (QED) is 0.786. The molecule has 114 valence electrons. The Balaban J connectivity index is 3.09.